The van der Waals surface area contributed by atoms with Crippen LogP contribution < -0.4 is 0 Å². The number of ether oxygens (including phenoxy) is 3. The molecule has 2 amide bonds. The third-order valence-corrected chi connectivity index (χ3v) is 4.42. The van der Waals surface area contributed by atoms with Crippen LogP contribution in [0.3, 0.4) is 0 Å². The Labute approximate surface area is 189 Å². The van der Waals surface area contributed by atoms with Crippen LogP contribution in [0.15, 0.2) is 30.3 Å². The molecule has 0 N–H and O–H groups in total. The zero-order valence-electron chi connectivity index (χ0n) is 18.3. The molecule has 0 spiro atoms. The Morgan fingerprint density at radius 2 is 1.61 bits per heavy atom. The second-order valence-corrected chi connectivity index (χ2v) is 7.10. The number of hydrogen-bond acceptors (Lipinski definition) is 10. The topological polar surface area (TPSA) is 143 Å². The molecule has 33 heavy (non-hydrogen) atoms. The maximum atomic E-state index is 12.7. The first-order valence-corrected chi connectivity index (χ1v) is 10.4. The van der Waals surface area contributed by atoms with Crippen LogP contribution in [0.4, 0.5) is 0 Å². The Hall–Kier alpha value is -3.76. The molecule has 0 aromatic heterocycles. The first kappa shape index (κ1) is 25.5. The van der Waals surface area contributed by atoms with Gasteiger partial charge in [0.2, 0.25) is 12.2 Å². The molecule has 1 aromatic carbocycles. The summed E-state index contributed by atoms with van der Waals surface area (Å²) in [5.41, 5.74) is 0.169. The fourth-order valence-electron chi connectivity index (χ4n) is 2.78. The zero-order chi connectivity index (χ0) is 24.4. The van der Waals surface area contributed by atoms with Gasteiger partial charge in [-0.05, 0) is 6.42 Å². The number of hydrogen-bond donors (Lipinski definition) is 0. The Bertz CT molecular complexity index is 882. The van der Waals surface area contributed by atoms with Gasteiger partial charge in [0.25, 0.3) is 11.8 Å². The summed E-state index contributed by atoms with van der Waals surface area (Å²) in [6.45, 7) is 3.07. The standard InChI is InChI=1S/C22H25NO10/c1-3-4-12-30-19(27)13-16(31-14(2)24)21(28)32-20(15-8-6-5-7-9-15)22(29)33-23-17(25)10-11-18(23)26/h5-9,16,20H,3-4,10-13H2,1-2H3/t16-,20-/m0/s1. The molecule has 11 heteroatoms. The van der Waals surface area contributed by atoms with Gasteiger partial charge in [-0.15, -0.1) is 5.06 Å². The summed E-state index contributed by atoms with van der Waals surface area (Å²) in [6.07, 6.45) is -2.83. The largest absolute Gasteiger partial charge is 0.466 e. The summed E-state index contributed by atoms with van der Waals surface area (Å²) < 4.78 is 15.1. The van der Waals surface area contributed by atoms with E-state index in [4.69, 9.17) is 19.0 Å². The number of unbranched alkanes of at least 4 members (excludes halogenated alkanes) is 1. The Kier molecular flexibility index (Phi) is 9.52. The molecule has 2 atom stereocenters. The quantitative estimate of drug-likeness (QED) is 0.205. The molecule has 1 aliphatic heterocycles. The molecule has 0 aliphatic carbocycles. The van der Waals surface area contributed by atoms with Crippen molar-refractivity contribution in [3.05, 3.63) is 35.9 Å². The van der Waals surface area contributed by atoms with Crippen molar-refractivity contribution >= 4 is 35.7 Å². The highest BCUT2D eigenvalue weighted by molar-refractivity contribution is 6.01. The van der Waals surface area contributed by atoms with Crippen molar-refractivity contribution in [3.8, 4) is 0 Å². The van der Waals surface area contributed by atoms with Gasteiger partial charge in [0.15, 0.2) is 0 Å². The predicted molar refractivity (Wildman–Crippen MR) is 108 cm³/mol. The van der Waals surface area contributed by atoms with Crippen LogP contribution >= 0.6 is 0 Å². The highest BCUT2D eigenvalue weighted by Crippen LogP contribution is 2.23. The van der Waals surface area contributed by atoms with Gasteiger partial charge in [0, 0.05) is 25.3 Å². The number of hydroxylamine groups is 2. The number of carbonyl (C=O) groups excluding carboxylic acids is 6. The maximum absolute atomic E-state index is 12.7. The van der Waals surface area contributed by atoms with E-state index in [-0.39, 0.29) is 25.0 Å². The lowest BCUT2D eigenvalue weighted by atomic mass is 10.1. The monoisotopic (exact) mass is 463 g/mol. The molecule has 11 nitrogen and oxygen atoms in total. The van der Waals surface area contributed by atoms with E-state index < -0.39 is 54.3 Å². The first-order chi connectivity index (χ1) is 15.7. The highest BCUT2D eigenvalue weighted by Gasteiger charge is 2.38. The second-order valence-electron chi connectivity index (χ2n) is 7.10. The summed E-state index contributed by atoms with van der Waals surface area (Å²) in [5.74, 6) is -5.49. The summed E-state index contributed by atoms with van der Waals surface area (Å²) in [4.78, 5) is 77.3. The van der Waals surface area contributed by atoms with Crippen LogP contribution in [0.25, 0.3) is 0 Å². The fourth-order valence-corrected chi connectivity index (χ4v) is 2.78. The maximum Gasteiger partial charge on any atom is 0.378 e. The summed E-state index contributed by atoms with van der Waals surface area (Å²) in [7, 11) is 0. The minimum Gasteiger partial charge on any atom is -0.466 e. The molecule has 0 unspecified atom stereocenters. The molecule has 178 valence electrons. The van der Waals surface area contributed by atoms with Crippen molar-refractivity contribution in [2.24, 2.45) is 0 Å². The fraction of sp³-hybridized carbons (Fsp3) is 0.455. The third kappa shape index (κ3) is 7.70. The van der Waals surface area contributed by atoms with E-state index in [1.54, 1.807) is 18.2 Å². The van der Waals surface area contributed by atoms with Crippen molar-refractivity contribution in [2.45, 2.75) is 58.2 Å². The number of imide groups is 1. The van der Waals surface area contributed by atoms with E-state index in [0.29, 0.717) is 11.5 Å². The zero-order valence-corrected chi connectivity index (χ0v) is 18.3. The van der Waals surface area contributed by atoms with Crippen molar-refractivity contribution in [1.29, 1.82) is 0 Å². The number of esters is 3. The number of carbonyl (C=O) groups is 6. The minimum absolute atomic E-state index is 0.115. The molecule has 0 saturated carbocycles. The van der Waals surface area contributed by atoms with Gasteiger partial charge in [0.1, 0.15) is 0 Å². The van der Waals surface area contributed by atoms with Gasteiger partial charge in [-0.2, -0.15) is 0 Å². The van der Waals surface area contributed by atoms with Crippen LogP contribution in [-0.4, -0.2) is 53.5 Å². The molecule has 1 aliphatic rings. The first-order valence-electron chi connectivity index (χ1n) is 10.4. The molecular weight excluding hydrogens is 438 g/mol. The van der Waals surface area contributed by atoms with E-state index in [0.717, 1.165) is 13.3 Å². The average molecular weight is 463 g/mol. The van der Waals surface area contributed by atoms with Gasteiger partial charge in [-0.1, -0.05) is 43.7 Å². The summed E-state index contributed by atoms with van der Waals surface area (Å²) >= 11 is 0. The average Bonchev–Trinajstić information content (AvgIpc) is 3.09. The lowest BCUT2D eigenvalue weighted by molar-refractivity contribution is -0.208. The smallest absolute Gasteiger partial charge is 0.378 e. The lowest BCUT2D eigenvalue weighted by Gasteiger charge is -2.22. The van der Waals surface area contributed by atoms with Crippen molar-refractivity contribution in [3.63, 3.8) is 0 Å². The SMILES string of the molecule is CCCCOC(=O)C[C@H](OC(C)=O)C(=O)O[C@H](C(=O)ON1C(=O)CCC1=O)c1ccccc1. The van der Waals surface area contributed by atoms with E-state index >= 15 is 0 Å². The summed E-state index contributed by atoms with van der Waals surface area (Å²) in [5, 5.41) is 0.320. The van der Waals surface area contributed by atoms with E-state index in [2.05, 4.69) is 0 Å². The van der Waals surface area contributed by atoms with Crippen LogP contribution in [0, 0.1) is 0 Å². The highest BCUT2D eigenvalue weighted by atomic mass is 16.7. The van der Waals surface area contributed by atoms with Crippen LogP contribution in [0.2, 0.25) is 0 Å². The summed E-state index contributed by atoms with van der Waals surface area (Å²) in [6, 6.07) is 7.67. The van der Waals surface area contributed by atoms with Crippen LogP contribution in [0.1, 0.15) is 57.6 Å². The van der Waals surface area contributed by atoms with E-state index in [1.165, 1.54) is 12.1 Å². The Morgan fingerprint density at radius 3 is 2.18 bits per heavy atom. The minimum atomic E-state index is -1.70. The van der Waals surface area contributed by atoms with Gasteiger partial charge < -0.3 is 19.0 Å². The molecule has 0 radical (unpaired) electrons. The number of rotatable bonds is 11. The molecule has 1 aromatic rings. The third-order valence-electron chi connectivity index (χ3n) is 4.42. The molecular formula is C22H25NO10. The van der Waals surface area contributed by atoms with Gasteiger partial charge in [-0.3, -0.25) is 19.2 Å². The molecule has 0 bridgehead atoms. The van der Waals surface area contributed by atoms with Gasteiger partial charge in [-0.25, -0.2) is 9.59 Å². The van der Waals surface area contributed by atoms with Crippen molar-refractivity contribution in [1.82, 2.24) is 5.06 Å². The van der Waals surface area contributed by atoms with Gasteiger partial charge >= 0.3 is 23.9 Å². The second kappa shape index (κ2) is 12.3. The number of amides is 2. The molecule has 1 fully saturated rings. The van der Waals surface area contributed by atoms with E-state index in [1.807, 2.05) is 6.92 Å². The normalized spacial score (nSPS) is 14.9. The van der Waals surface area contributed by atoms with Crippen LogP contribution in [0.5, 0.6) is 0 Å². The lowest BCUT2D eigenvalue weighted by Crippen LogP contribution is -2.37. The molecule has 2 rings (SSSR count). The Balaban J connectivity index is 2.17. The van der Waals surface area contributed by atoms with Crippen molar-refractivity contribution in [2.75, 3.05) is 6.61 Å². The Morgan fingerprint density at radius 1 is 0.970 bits per heavy atom. The molecule has 1 heterocycles. The predicted octanol–water partition coefficient (Wildman–Crippen LogP) is 1.54. The van der Waals surface area contributed by atoms with Crippen molar-refractivity contribution < 1.29 is 47.8 Å². The van der Waals surface area contributed by atoms with Gasteiger partial charge in [0.05, 0.1) is 13.0 Å². The molecule has 1 saturated heterocycles. The van der Waals surface area contributed by atoms with E-state index in [9.17, 15) is 28.8 Å². The number of benzene rings is 1. The number of nitrogens with zero attached hydrogens (tertiary/aromatic N) is 1. The van der Waals surface area contributed by atoms with Crippen LogP contribution in [-0.2, 0) is 47.8 Å².